The fourth-order valence-electron chi connectivity index (χ4n) is 2.66. The summed E-state index contributed by atoms with van der Waals surface area (Å²) in [5.74, 6) is 0.680. The lowest BCUT2D eigenvalue weighted by molar-refractivity contribution is -0.121. The molecule has 1 N–H and O–H groups in total. The third-order valence-corrected chi connectivity index (χ3v) is 4.05. The second kappa shape index (κ2) is 6.98. The van der Waals surface area contributed by atoms with Crippen LogP contribution >= 0.6 is 0 Å². The fourth-order valence-corrected chi connectivity index (χ4v) is 2.66. The van der Waals surface area contributed by atoms with Gasteiger partial charge >= 0.3 is 0 Å². The van der Waals surface area contributed by atoms with Gasteiger partial charge in [0.2, 0.25) is 5.91 Å². The molecule has 0 bridgehead atoms. The van der Waals surface area contributed by atoms with E-state index < -0.39 is 0 Å². The lowest BCUT2D eigenvalue weighted by atomic mass is 10.1. The van der Waals surface area contributed by atoms with Crippen molar-refractivity contribution in [1.29, 1.82) is 0 Å². The Kier molecular flexibility index (Phi) is 5.28. The van der Waals surface area contributed by atoms with E-state index in [1.165, 1.54) is 6.42 Å². The molecule has 1 atom stereocenters. The van der Waals surface area contributed by atoms with Crippen molar-refractivity contribution in [1.82, 2.24) is 20.2 Å². The zero-order valence-electron chi connectivity index (χ0n) is 13.3. The molecule has 0 radical (unpaired) electrons. The number of likely N-dealkylation sites (tertiary alicyclic amines) is 1. The van der Waals surface area contributed by atoms with Gasteiger partial charge in [-0.25, -0.2) is 0 Å². The third-order valence-electron chi connectivity index (χ3n) is 4.05. The van der Waals surface area contributed by atoms with Crippen LogP contribution in [0.15, 0.2) is 18.6 Å². The van der Waals surface area contributed by atoms with Crippen LogP contribution < -0.4 is 5.32 Å². The van der Waals surface area contributed by atoms with Gasteiger partial charge in [0.25, 0.3) is 0 Å². The Balaban J connectivity index is 1.66. The molecule has 1 saturated heterocycles. The predicted octanol–water partition coefficient (Wildman–Crippen LogP) is 1.65. The summed E-state index contributed by atoms with van der Waals surface area (Å²) in [6.07, 6.45) is 7.32. The summed E-state index contributed by atoms with van der Waals surface area (Å²) in [7, 11) is 0. The minimum absolute atomic E-state index is 0.106. The number of aryl methyl sites for hydroxylation is 1. The smallest absolute Gasteiger partial charge is 0.220 e. The highest BCUT2D eigenvalue weighted by atomic mass is 16.1. The molecule has 1 amide bonds. The van der Waals surface area contributed by atoms with Gasteiger partial charge in [0.1, 0.15) is 0 Å². The first-order valence-corrected chi connectivity index (χ1v) is 7.72. The molecule has 0 aromatic carbocycles. The van der Waals surface area contributed by atoms with E-state index in [0.717, 1.165) is 25.3 Å². The largest absolute Gasteiger partial charge is 0.356 e. The van der Waals surface area contributed by atoms with Gasteiger partial charge in [-0.3, -0.25) is 19.7 Å². The van der Waals surface area contributed by atoms with E-state index in [2.05, 4.69) is 41.0 Å². The molecule has 1 aromatic rings. The van der Waals surface area contributed by atoms with Gasteiger partial charge in [-0.2, -0.15) is 0 Å². The first kappa shape index (κ1) is 15.9. The van der Waals surface area contributed by atoms with Gasteiger partial charge in [-0.15, -0.1) is 0 Å². The van der Waals surface area contributed by atoms with Crippen LogP contribution in [0.5, 0.6) is 0 Å². The van der Waals surface area contributed by atoms with Crippen molar-refractivity contribution in [2.75, 3.05) is 19.6 Å². The van der Waals surface area contributed by atoms with Gasteiger partial charge in [0.05, 0.1) is 5.69 Å². The van der Waals surface area contributed by atoms with E-state index in [1.54, 1.807) is 18.6 Å². The van der Waals surface area contributed by atoms with E-state index in [9.17, 15) is 4.79 Å². The molecular weight excluding hydrogens is 264 g/mol. The Morgan fingerprint density at radius 2 is 2.24 bits per heavy atom. The molecule has 5 heteroatoms. The van der Waals surface area contributed by atoms with Crippen LogP contribution in [0.4, 0.5) is 0 Å². The van der Waals surface area contributed by atoms with Gasteiger partial charge in [-0.05, 0) is 46.1 Å². The normalized spacial score (nSPS) is 19.7. The van der Waals surface area contributed by atoms with Crippen LogP contribution in [-0.4, -0.2) is 45.9 Å². The Morgan fingerprint density at radius 1 is 1.43 bits per heavy atom. The molecule has 1 aliphatic rings. The molecule has 2 heterocycles. The standard InChI is InChI=1S/C16H26N4O/c1-16(2,3)20-9-6-13(12-20)10-19-15(21)5-4-14-11-17-7-8-18-14/h7-8,11,13H,4-6,9-10,12H2,1-3H3,(H,19,21)/t13-/m1/s1. The molecule has 5 nitrogen and oxygen atoms in total. The lowest BCUT2D eigenvalue weighted by Crippen LogP contribution is -2.40. The number of hydrogen-bond donors (Lipinski definition) is 1. The quantitative estimate of drug-likeness (QED) is 0.896. The van der Waals surface area contributed by atoms with Crippen LogP contribution in [0.3, 0.4) is 0 Å². The average molecular weight is 290 g/mol. The van der Waals surface area contributed by atoms with E-state index >= 15 is 0 Å². The van der Waals surface area contributed by atoms with Crippen LogP contribution in [0, 0.1) is 5.92 Å². The first-order valence-electron chi connectivity index (χ1n) is 7.72. The van der Waals surface area contributed by atoms with E-state index in [0.29, 0.717) is 18.8 Å². The van der Waals surface area contributed by atoms with Crippen molar-refractivity contribution >= 4 is 5.91 Å². The van der Waals surface area contributed by atoms with E-state index in [4.69, 9.17) is 0 Å². The second-order valence-corrected chi connectivity index (χ2v) is 6.77. The van der Waals surface area contributed by atoms with E-state index in [-0.39, 0.29) is 11.4 Å². The number of rotatable bonds is 5. The highest BCUT2D eigenvalue weighted by Gasteiger charge is 2.30. The Bertz CT molecular complexity index is 455. The molecule has 2 rings (SSSR count). The number of aromatic nitrogens is 2. The van der Waals surface area contributed by atoms with Crippen molar-refractivity contribution in [2.24, 2.45) is 5.92 Å². The summed E-state index contributed by atoms with van der Waals surface area (Å²) in [4.78, 5) is 22.5. The van der Waals surface area contributed by atoms with Crippen LogP contribution in [-0.2, 0) is 11.2 Å². The summed E-state index contributed by atoms with van der Waals surface area (Å²) in [5, 5.41) is 3.05. The minimum atomic E-state index is 0.106. The minimum Gasteiger partial charge on any atom is -0.356 e. The van der Waals surface area contributed by atoms with Gasteiger partial charge < -0.3 is 5.32 Å². The molecule has 21 heavy (non-hydrogen) atoms. The predicted molar refractivity (Wildman–Crippen MR) is 82.8 cm³/mol. The maximum absolute atomic E-state index is 11.9. The molecular formula is C16H26N4O. The summed E-state index contributed by atoms with van der Waals surface area (Å²) in [6.45, 7) is 9.72. The first-order chi connectivity index (χ1) is 9.95. The molecule has 0 saturated carbocycles. The fraction of sp³-hybridized carbons (Fsp3) is 0.688. The molecule has 116 valence electrons. The van der Waals surface area contributed by atoms with E-state index in [1.807, 2.05) is 0 Å². The maximum atomic E-state index is 11.9. The zero-order valence-corrected chi connectivity index (χ0v) is 13.3. The molecule has 0 aliphatic carbocycles. The highest BCUT2D eigenvalue weighted by molar-refractivity contribution is 5.76. The van der Waals surface area contributed by atoms with Crippen molar-refractivity contribution in [3.8, 4) is 0 Å². The monoisotopic (exact) mass is 290 g/mol. The van der Waals surface area contributed by atoms with Gasteiger partial charge in [0.15, 0.2) is 0 Å². The molecule has 0 unspecified atom stereocenters. The Morgan fingerprint density at radius 3 is 2.86 bits per heavy atom. The highest BCUT2D eigenvalue weighted by Crippen LogP contribution is 2.23. The summed E-state index contributed by atoms with van der Waals surface area (Å²) in [6, 6.07) is 0. The van der Waals surface area contributed by atoms with Crippen molar-refractivity contribution in [3.05, 3.63) is 24.3 Å². The van der Waals surface area contributed by atoms with Crippen LogP contribution in [0.25, 0.3) is 0 Å². The van der Waals surface area contributed by atoms with Crippen molar-refractivity contribution in [3.63, 3.8) is 0 Å². The summed E-state index contributed by atoms with van der Waals surface area (Å²) in [5.41, 5.74) is 1.09. The number of carbonyl (C=O) groups is 1. The summed E-state index contributed by atoms with van der Waals surface area (Å²) < 4.78 is 0. The maximum Gasteiger partial charge on any atom is 0.220 e. The number of amides is 1. The molecule has 1 aromatic heterocycles. The molecule has 1 aliphatic heterocycles. The number of nitrogens with zero attached hydrogens (tertiary/aromatic N) is 3. The van der Waals surface area contributed by atoms with Crippen LogP contribution in [0.1, 0.15) is 39.3 Å². The Labute approximate surface area is 127 Å². The molecule has 1 fully saturated rings. The second-order valence-electron chi connectivity index (χ2n) is 6.77. The average Bonchev–Trinajstić information content (AvgIpc) is 2.93. The number of nitrogens with one attached hydrogen (secondary N) is 1. The zero-order chi connectivity index (χ0) is 15.3. The van der Waals surface area contributed by atoms with Crippen molar-refractivity contribution in [2.45, 2.75) is 45.6 Å². The third kappa shape index (κ3) is 5.08. The Hall–Kier alpha value is -1.49. The lowest BCUT2D eigenvalue weighted by Gasteiger charge is -2.31. The topological polar surface area (TPSA) is 58.1 Å². The molecule has 0 spiro atoms. The van der Waals surface area contributed by atoms with Crippen LogP contribution in [0.2, 0.25) is 0 Å². The number of carbonyl (C=O) groups excluding carboxylic acids is 1. The van der Waals surface area contributed by atoms with Gasteiger partial charge in [0, 0.05) is 43.6 Å². The summed E-state index contributed by atoms with van der Waals surface area (Å²) >= 11 is 0. The number of hydrogen-bond acceptors (Lipinski definition) is 4. The van der Waals surface area contributed by atoms with Crippen molar-refractivity contribution < 1.29 is 4.79 Å². The van der Waals surface area contributed by atoms with Gasteiger partial charge in [-0.1, -0.05) is 0 Å². The SMILES string of the molecule is CC(C)(C)N1CC[C@H](CNC(=O)CCc2cnccn2)C1.